The zero-order valence-electron chi connectivity index (χ0n) is 17.6. The first kappa shape index (κ1) is 19.7. The summed E-state index contributed by atoms with van der Waals surface area (Å²) >= 11 is 1.46. The number of hydrogen-bond acceptors (Lipinski definition) is 8. The molecule has 6 bridgehead atoms. The number of aromatic nitrogens is 3. The Morgan fingerprint density at radius 1 is 1.25 bits per heavy atom. The van der Waals surface area contributed by atoms with Crippen molar-refractivity contribution >= 4 is 32.7 Å². The van der Waals surface area contributed by atoms with Crippen molar-refractivity contribution in [3.63, 3.8) is 0 Å². The van der Waals surface area contributed by atoms with Gasteiger partial charge in [0.15, 0.2) is 0 Å². The van der Waals surface area contributed by atoms with Gasteiger partial charge < -0.3 is 14.6 Å². The van der Waals surface area contributed by atoms with Crippen molar-refractivity contribution in [3.05, 3.63) is 46.2 Å². The van der Waals surface area contributed by atoms with Crippen LogP contribution in [0.2, 0.25) is 0 Å². The Labute approximate surface area is 187 Å². The van der Waals surface area contributed by atoms with Gasteiger partial charge in [0.1, 0.15) is 23.1 Å². The van der Waals surface area contributed by atoms with E-state index in [-0.39, 0.29) is 18.3 Å². The highest BCUT2D eigenvalue weighted by molar-refractivity contribution is 7.14. The van der Waals surface area contributed by atoms with Crippen molar-refractivity contribution in [3.8, 4) is 22.9 Å². The number of rotatable bonds is 2. The van der Waals surface area contributed by atoms with Crippen LogP contribution in [0.4, 0.5) is 0 Å². The van der Waals surface area contributed by atoms with Crippen molar-refractivity contribution in [2.75, 3.05) is 26.7 Å². The summed E-state index contributed by atoms with van der Waals surface area (Å²) in [5, 5.41) is 10.5. The van der Waals surface area contributed by atoms with Crippen LogP contribution in [0.3, 0.4) is 0 Å². The van der Waals surface area contributed by atoms with Crippen LogP contribution >= 0.6 is 11.5 Å². The van der Waals surface area contributed by atoms with E-state index in [1.807, 2.05) is 28.2 Å². The average Bonchev–Trinajstić information content (AvgIpc) is 3.40. The molecule has 1 unspecified atom stereocenters. The Bertz CT molecular complexity index is 1410. The summed E-state index contributed by atoms with van der Waals surface area (Å²) in [4.78, 5) is 25.1. The van der Waals surface area contributed by atoms with Crippen molar-refractivity contribution in [1.29, 1.82) is 0 Å². The van der Waals surface area contributed by atoms with E-state index in [0.717, 1.165) is 36.3 Å². The Morgan fingerprint density at radius 2 is 2.16 bits per heavy atom. The molecule has 2 aromatic carbocycles. The molecule has 0 spiro atoms. The third-order valence-corrected chi connectivity index (χ3v) is 7.40. The second kappa shape index (κ2) is 7.54. The molecule has 2 aliphatic heterocycles. The lowest BCUT2D eigenvalue weighted by Gasteiger charge is -2.19. The molecule has 164 valence electrons. The summed E-state index contributed by atoms with van der Waals surface area (Å²) in [5.74, 6) is 0.988. The molecule has 2 aliphatic rings. The second-order valence-electron chi connectivity index (χ2n) is 8.21. The SMILES string of the molecule is COc1nc2cc(CO)cc3c2nc1-c1cccc2c(=O)n(sc12)CCN1CC[C@@H](C1)O3. The summed E-state index contributed by atoms with van der Waals surface area (Å²) in [7, 11) is 1.56. The molecule has 32 heavy (non-hydrogen) atoms. The molecule has 1 fully saturated rings. The molecule has 0 aliphatic carbocycles. The van der Waals surface area contributed by atoms with Crippen LogP contribution in [0.25, 0.3) is 32.4 Å². The largest absolute Gasteiger partial charge is 0.487 e. The van der Waals surface area contributed by atoms with Crippen LogP contribution in [-0.4, -0.2) is 56.8 Å². The van der Waals surface area contributed by atoms with Gasteiger partial charge in [-0.1, -0.05) is 23.7 Å². The lowest BCUT2D eigenvalue weighted by atomic mass is 10.1. The van der Waals surface area contributed by atoms with E-state index < -0.39 is 0 Å². The van der Waals surface area contributed by atoms with Crippen LogP contribution in [0.15, 0.2) is 35.1 Å². The monoisotopic (exact) mass is 450 g/mol. The zero-order valence-corrected chi connectivity index (χ0v) is 18.4. The summed E-state index contributed by atoms with van der Waals surface area (Å²) < 4.78 is 14.7. The Balaban J connectivity index is 1.68. The van der Waals surface area contributed by atoms with Gasteiger partial charge in [0.25, 0.3) is 5.56 Å². The molecule has 0 amide bonds. The van der Waals surface area contributed by atoms with E-state index in [9.17, 15) is 9.90 Å². The van der Waals surface area contributed by atoms with Gasteiger partial charge in [0.2, 0.25) is 5.88 Å². The van der Waals surface area contributed by atoms with Gasteiger partial charge in [0.05, 0.1) is 29.3 Å². The minimum Gasteiger partial charge on any atom is -0.487 e. The standard InChI is InChI=1S/C23H22N4O4S/c1-30-22-19-15-3-2-4-16-21(15)32-27(23(16)29)8-7-26-6-5-14(11-26)31-18-10-13(12-28)9-17(24-22)20(18)25-19/h2-4,9-10,14,28H,5-8,11-12H2,1H3/t14-/m0/s1. The molecule has 6 rings (SSSR count). The first-order valence-electron chi connectivity index (χ1n) is 10.7. The number of ether oxygens (including phenoxy) is 2. The fraction of sp³-hybridized carbons (Fsp3) is 0.348. The highest BCUT2D eigenvalue weighted by Gasteiger charge is 2.27. The topological polar surface area (TPSA) is 89.7 Å². The Kier molecular flexibility index (Phi) is 4.63. The van der Waals surface area contributed by atoms with Gasteiger partial charge >= 0.3 is 0 Å². The van der Waals surface area contributed by atoms with Gasteiger partial charge in [0, 0.05) is 31.7 Å². The van der Waals surface area contributed by atoms with Crippen molar-refractivity contribution in [2.24, 2.45) is 0 Å². The fourth-order valence-electron chi connectivity index (χ4n) is 4.60. The first-order valence-corrected chi connectivity index (χ1v) is 11.4. The average molecular weight is 451 g/mol. The van der Waals surface area contributed by atoms with E-state index in [4.69, 9.17) is 19.4 Å². The molecule has 1 N–H and O–H groups in total. The lowest BCUT2D eigenvalue weighted by Crippen LogP contribution is -2.29. The molecule has 4 heterocycles. The lowest BCUT2D eigenvalue weighted by molar-refractivity contribution is 0.200. The fourth-order valence-corrected chi connectivity index (χ4v) is 5.69. The minimum atomic E-state index is -0.115. The van der Waals surface area contributed by atoms with Crippen LogP contribution in [0.5, 0.6) is 11.6 Å². The predicted molar refractivity (Wildman–Crippen MR) is 123 cm³/mol. The van der Waals surface area contributed by atoms with Gasteiger partial charge in [-0.3, -0.25) is 13.7 Å². The molecule has 0 saturated carbocycles. The maximum atomic E-state index is 13.1. The van der Waals surface area contributed by atoms with E-state index in [1.165, 1.54) is 11.5 Å². The van der Waals surface area contributed by atoms with Crippen LogP contribution in [0.1, 0.15) is 12.0 Å². The quantitative estimate of drug-likeness (QED) is 0.502. The smallest absolute Gasteiger partial charge is 0.268 e. The van der Waals surface area contributed by atoms with Crippen molar-refractivity contribution in [1.82, 2.24) is 18.8 Å². The van der Waals surface area contributed by atoms with E-state index in [1.54, 1.807) is 13.2 Å². The number of fused-ring (bicyclic) bond motifs is 5. The van der Waals surface area contributed by atoms with Crippen LogP contribution < -0.4 is 15.0 Å². The molecule has 2 atom stereocenters. The van der Waals surface area contributed by atoms with E-state index in [0.29, 0.717) is 45.9 Å². The molecule has 1 saturated heterocycles. The highest BCUT2D eigenvalue weighted by atomic mass is 32.1. The maximum Gasteiger partial charge on any atom is 0.268 e. The highest BCUT2D eigenvalue weighted by Crippen LogP contribution is 2.38. The molecule has 4 aromatic rings. The van der Waals surface area contributed by atoms with Gasteiger partial charge in [-0.25, -0.2) is 9.97 Å². The van der Waals surface area contributed by atoms with Crippen molar-refractivity contribution in [2.45, 2.75) is 25.7 Å². The number of aliphatic hydroxyl groups is 1. The summed E-state index contributed by atoms with van der Waals surface area (Å²) in [6.45, 7) is 3.01. The molecule has 8 nitrogen and oxygen atoms in total. The van der Waals surface area contributed by atoms with E-state index >= 15 is 0 Å². The maximum absolute atomic E-state index is 13.1. The third-order valence-electron chi connectivity index (χ3n) is 6.21. The van der Waals surface area contributed by atoms with E-state index in [2.05, 4.69) is 4.90 Å². The number of methoxy groups -OCH3 is 1. The third kappa shape index (κ3) is 3.08. The second-order valence-corrected chi connectivity index (χ2v) is 9.24. The van der Waals surface area contributed by atoms with Crippen molar-refractivity contribution < 1.29 is 14.6 Å². The van der Waals surface area contributed by atoms with Crippen LogP contribution in [-0.2, 0) is 13.2 Å². The predicted octanol–water partition coefficient (Wildman–Crippen LogP) is 2.64. The molecular weight excluding hydrogens is 428 g/mol. The molecular formula is C23H22N4O4S. The number of benzene rings is 2. The number of aliphatic hydroxyl groups excluding tert-OH is 1. The Hall–Kier alpha value is -3.01. The van der Waals surface area contributed by atoms with Gasteiger partial charge in [-0.2, -0.15) is 0 Å². The number of nitrogens with zero attached hydrogens (tertiary/aromatic N) is 4. The minimum absolute atomic E-state index is 0.0148. The molecule has 2 aromatic heterocycles. The summed E-state index contributed by atoms with van der Waals surface area (Å²) in [5.41, 5.74) is 3.35. The van der Waals surface area contributed by atoms with Gasteiger partial charge in [-0.15, -0.1) is 0 Å². The van der Waals surface area contributed by atoms with Crippen LogP contribution in [0, 0.1) is 0 Å². The Morgan fingerprint density at radius 3 is 3.00 bits per heavy atom. The normalized spacial score (nSPS) is 20.1. The number of hydrogen-bond donors (Lipinski definition) is 1. The zero-order chi connectivity index (χ0) is 21.8. The first-order chi connectivity index (χ1) is 15.6. The summed E-state index contributed by atoms with van der Waals surface area (Å²) in [6.07, 6.45) is 0.909. The van der Waals surface area contributed by atoms with Gasteiger partial charge in [-0.05, 0) is 30.2 Å². The molecule has 9 heteroatoms. The molecule has 0 radical (unpaired) electrons. The summed E-state index contributed by atoms with van der Waals surface area (Å²) in [6, 6.07) is 9.33.